The molecule has 27 heavy (non-hydrogen) atoms. The maximum atomic E-state index is 11.0. The molecule has 0 radical (unpaired) electrons. The molecule has 0 aliphatic rings. The van der Waals surface area contributed by atoms with Gasteiger partial charge in [-0.1, -0.05) is 50.1 Å². The Hall–Kier alpha value is -2.45. The van der Waals surface area contributed by atoms with Crippen LogP contribution in [-0.2, 0) is 20.8 Å². The lowest BCUT2D eigenvalue weighted by Gasteiger charge is -2.13. The average Bonchev–Trinajstić information content (AvgIpc) is 2.63. The fourth-order valence-corrected chi connectivity index (χ4v) is 2.17. The molecule has 0 saturated heterocycles. The zero-order valence-electron chi connectivity index (χ0n) is 15.6. The number of rotatable bonds is 12. The molecule has 0 aromatic heterocycles. The van der Waals surface area contributed by atoms with E-state index in [0.29, 0.717) is 19.3 Å². The highest BCUT2D eigenvalue weighted by molar-refractivity contribution is 5.73. The second-order valence-corrected chi connectivity index (χ2v) is 6.10. The quantitative estimate of drug-likeness (QED) is 0.367. The molecule has 0 saturated carbocycles. The van der Waals surface area contributed by atoms with Crippen molar-refractivity contribution in [2.24, 2.45) is 5.73 Å². The van der Waals surface area contributed by atoms with Crippen molar-refractivity contribution in [3.63, 3.8) is 0 Å². The Kier molecular flexibility index (Phi) is 13.4. The van der Waals surface area contributed by atoms with Gasteiger partial charge in [-0.05, 0) is 24.8 Å². The Morgan fingerprint density at radius 1 is 1.04 bits per heavy atom. The molecule has 1 aromatic rings. The van der Waals surface area contributed by atoms with Crippen LogP contribution < -0.4 is 11.1 Å². The third-order valence-electron chi connectivity index (χ3n) is 3.78. The van der Waals surface area contributed by atoms with Gasteiger partial charge in [-0.25, -0.2) is 0 Å². The number of aryl methyl sites for hydroxylation is 1. The van der Waals surface area contributed by atoms with Crippen LogP contribution in [0.4, 0.5) is 0 Å². The standard InChI is InChI=1S/C13H17NO4.C6H13NO2/c15-12(16)8-9-14-11(13(17)18)7-6-10-4-2-1-3-5-10;1-2-3-4-5(7)6(8)9/h1-5,11,14H,6-9H2,(H,15,16)(H,17,18);5H,2-4,7H2,1H3,(H,8,9)/t11-;5-/m10/s1. The van der Waals surface area contributed by atoms with Crippen LogP contribution in [0.1, 0.15) is 44.6 Å². The van der Waals surface area contributed by atoms with E-state index >= 15 is 0 Å². The molecule has 0 unspecified atom stereocenters. The minimum Gasteiger partial charge on any atom is -0.481 e. The Balaban J connectivity index is 0.000000636. The molecule has 1 rings (SSSR count). The summed E-state index contributed by atoms with van der Waals surface area (Å²) < 4.78 is 0. The highest BCUT2D eigenvalue weighted by Crippen LogP contribution is 2.05. The molecule has 152 valence electrons. The number of hydrogen-bond donors (Lipinski definition) is 5. The van der Waals surface area contributed by atoms with Gasteiger partial charge in [0.2, 0.25) is 0 Å². The Bertz CT molecular complexity index is 565. The van der Waals surface area contributed by atoms with Gasteiger partial charge < -0.3 is 26.4 Å². The van der Waals surface area contributed by atoms with Gasteiger partial charge in [-0.2, -0.15) is 0 Å². The monoisotopic (exact) mass is 382 g/mol. The first-order valence-electron chi connectivity index (χ1n) is 8.98. The number of carboxylic acid groups (broad SMARTS) is 3. The highest BCUT2D eigenvalue weighted by Gasteiger charge is 2.16. The van der Waals surface area contributed by atoms with E-state index in [1.165, 1.54) is 0 Å². The van der Waals surface area contributed by atoms with Crippen LogP contribution in [0, 0.1) is 0 Å². The van der Waals surface area contributed by atoms with E-state index < -0.39 is 30.0 Å². The zero-order valence-corrected chi connectivity index (χ0v) is 15.6. The number of benzene rings is 1. The van der Waals surface area contributed by atoms with E-state index in [4.69, 9.17) is 21.1 Å². The normalized spacial score (nSPS) is 12.4. The molecular formula is C19H30N2O6. The van der Waals surface area contributed by atoms with Crippen molar-refractivity contribution in [1.29, 1.82) is 0 Å². The molecule has 6 N–H and O–H groups in total. The number of hydrogen-bond acceptors (Lipinski definition) is 5. The zero-order chi connectivity index (χ0) is 20.7. The van der Waals surface area contributed by atoms with Gasteiger partial charge in [0.15, 0.2) is 0 Å². The molecule has 1 aromatic carbocycles. The summed E-state index contributed by atoms with van der Waals surface area (Å²) >= 11 is 0. The van der Waals surface area contributed by atoms with Crippen LogP contribution >= 0.6 is 0 Å². The summed E-state index contributed by atoms with van der Waals surface area (Å²) in [7, 11) is 0. The molecule has 0 fully saturated rings. The number of nitrogens with two attached hydrogens (primary N) is 1. The first-order chi connectivity index (χ1) is 12.8. The van der Waals surface area contributed by atoms with Crippen molar-refractivity contribution in [3.05, 3.63) is 35.9 Å². The maximum Gasteiger partial charge on any atom is 0.320 e. The molecule has 0 amide bonds. The summed E-state index contributed by atoms with van der Waals surface area (Å²) in [6.07, 6.45) is 3.51. The van der Waals surface area contributed by atoms with Gasteiger partial charge in [0.1, 0.15) is 12.1 Å². The van der Waals surface area contributed by atoms with E-state index in [-0.39, 0.29) is 13.0 Å². The number of nitrogens with one attached hydrogen (secondary N) is 1. The smallest absolute Gasteiger partial charge is 0.320 e. The molecule has 0 aliphatic heterocycles. The first-order valence-corrected chi connectivity index (χ1v) is 8.98. The number of unbranched alkanes of at least 4 members (excludes halogenated alkanes) is 1. The molecule has 8 heteroatoms. The summed E-state index contributed by atoms with van der Waals surface area (Å²) in [6.45, 7) is 2.18. The summed E-state index contributed by atoms with van der Waals surface area (Å²) in [5, 5.41) is 28.5. The van der Waals surface area contributed by atoms with Crippen LogP contribution in [-0.4, -0.2) is 51.9 Å². The fourth-order valence-electron chi connectivity index (χ4n) is 2.17. The van der Waals surface area contributed by atoms with Gasteiger partial charge in [-0.15, -0.1) is 0 Å². The van der Waals surface area contributed by atoms with E-state index in [1.807, 2.05) is 37.3 Å². The summed E-state index contributed by atoms with van der Waals surface area (Å²) in [4.78, 5) is 31.4. The third kappa shape index (κ3) is 13.4. The largest absolute Gasteiger partial charge is 0.481 e. The molecular weight excluding hydrogens is 352 g/mol. The van der Waals surface area contributed by atoms with Crippen LogP contribution in [0.2, 0.25) is 0 Å². The van der Waals surface area contributed by atoms with Crippen molar-refractivity contribution in [2.45, 2.75) is 57.5 Å². The van der Waals surface area contributed by atoms with Crippen molar-refractivity contribution in [2.75, 3.05) is 6.54 Å². The van der Waals surface area contributed by atoms with E-state index in [1.54, 1.807) is 0 Å². The van der Waals surface area contributed by atoms with E-state index in [2.05, 4.69) is 5.32 Å². The minimum atomic E-state index is -0.948. The van der Waals surface area contributed by atoms with Crippen molar-refractivity contribution >= 4 is 17.9 Å². The topological polar surface area (TPSA) is 150 Å². The Morgan fingerprint density at radius 2 is 1.67 bits per heavy atom. The molecule has 0 bridgehead atoms. The molecule has 2 atom stereocenters. The SMILES string of the molecule is CCCC[C@H](N)C(=O)O.O=C(O)CCN[C@H](CCc1ccccc1)C(=O)O. The average molecular weight is 382 g/mol. The lowest BCUT2D eigenvalue weighted by atomic mass is 10.1. The molecule has 0 aliphatic carbocycles. The van der Waals surface area contributed by atoms with E-state index in [9.17, 15) is 14.4 Å². The number of aliphatic carboxylic acids is 3. The second-order valence-electron chi connectivity index (χ2n) is 6.10. The van der Waals surface area contributed by atoms with Gasteiger partial charge in [0.25, 0.3) is 0 Å². The minimum absolute atomic E-state index is 0.0743. The van der Waals surface area contributed by atoms with Crippen molar-refractivity contribution in [3.8, 4) is 0 Å². The second kappa shape index (κ2) is 14.7. The molecule has 0 heterocycles. The summed E-state index contributed by atoms with van der Waals surface area (Å²) in [5.41, 5.74) is 6.28. The Morgan fingerprint density at radius 3 is 2.15 bits per heavy atom. The van der Waals surface area contributed by atoms with Crippen LogP contribution in [0.5, 0.6) is 0 Å². The van der Waals surface area contributed by atoms with Crippen LogP contribution in [0.15, 0.2) is 30.3 Å². The predicted molar refractivity (Wildman–Crippen MR) is 102 cm³/mol. The number of carbonyl (C=O) groups is 3. The third-order valence-corrected chi connectivity index (χ3v) is 3.78. The lowest BCUT2D eigenvalue weighted by molar-refractivity contribution is -0.141. The lowest BCUT2D eigenvalue weighted by Crippen LogP contribution is -2.38. The molecule has 0 spiro atoms. The van der Waals surface area contributed by atoms with Crippen LogP contribution in [0.25, 0.3) is 0 Å². The summed E-state index contributed by atoms with van der Waals surface area (Å²) in [6, 6.07) is 8.23. The Labute approximate surface area is 159 Å². The summed E-state index contributed by atoms with van der Waals surface area (Å²) in [5.74, 6) is -2.78. The highest BCUT2D eigenvalue weighted by atomic mass is 16.4. The van der Waals surface area contributed by atoms with Crippen molar-refractivity contribution < 1.29 is 29.7 Å². The van der Waals surface area contributed by atoms with E-state index in [0.717, 1.165) is 18.4 Å². The van der Waals surface area contributed by atoms with Crippen LogP contribution in [0.3, 0.4) is 0 Å². The van der Waals surface area contributed by atoms with Gasteiger partial charge in [0, 0.05) is 6.54 Å². The predicted octanol–water partition coefficient (Wildman–Crippen LogP) is 1.73. The van der Waals surface area contributed by atoms with Crippen molar-refractivity contribution in [1.82, 2.24) is 5.32 Å². The van der Waals surface area contributed by atoms with Gasteiger partial charge in [0.05, 0.1) is 6.42 Å². The van der Waals surface area contributed by atoms with Gasteiger partial charge >= 0.3 is 17.9 Å². The first kappa shape index (κ1) is 24.6. The maximum absolute atomic E-state index is 11.0. The fraction of sp³-hybridized carbons (Fsp3) is 0.526. The van der Waals surface area contributed by atoms with Gasteiger partial charge in [-0.3, -0.25) is 14.4 Å². The number of carboxylic acids is 3. The molecule has 8 nitrogen and oxygen atoms in total.